The minimum Gasteiger partial charge on any atom is -0.352 e. The first kappa shape index (κ1) is 18.2. The Morgan fingerprint density at radius 1 is 1.23 bits per heavy atom. The van der Waals surface area contributed by atoms with Gasteiger partial charge in [-0.25, -0.2) is 0 Å². The van der Waals surface area contributed by atoms with E-state index in [1.54, 1.807) is 20.2 Å². The Hall–Kier alpha value is -1.88. The van der Waals surface area contributed by atoms with Crippen molar-refractivity contribution in [3.63, 3.8) is 0 Å². The number of nitrogens with zero attached hydrogens (tertiary/aromatic N) is 1. The molecule has 0 aromatic heterocycles. The molecule has 0 unspecified atom stereocenters. The number of hydrogen-bond donors (Lipinski definition) is 2. The topological polar surface area (TPSA) is 75.4 Å². The van der Waals surface area contributed by atoms with Crippen molar-refractivity contribution >= 4 is 11.8 Å². The Morgan fingerprint density at radius 3 is 2.36 bits per heavy atom. The normalized spacial score (nSPS) is 11.1. The maximum absolute atomic E-state index is 12.4. The van der Waals surface area contributed by atoms with Crippen LogP contribution in [0.15, 0.2) is 24.3 Å². The van der Waals surface area contributed by atoms with Crippen LogP contribution >= 0.6 is 0 Å². The van der Waals surface area contributed by atoms with E-state index in [0.717, 1.165) is 5.56 Å². The molecule has 0 aliphatic carbocycles. The van der Waals surface area contributed by atoms with E-state index in [9.17, 15) is 9.59 Å². The van der Waals surface area contributed by atoms with E-state index in [1.807, 2.05) is 32.0 Å². The Morgan fingerprint density at radius 2 is 1.86 bits per heavy atom. The van der Waals surface area contributed by atoms with Gasteiger partial charge in [-0.05, 0) is 30.5 Å². The minimum atomic E-state index is -0.503. The minimum absolute atomic E-state index is 0.0238. The fourth-order valence-corrected chi connectivity index (χ4v) is 2.39. The van der Waals surface area contributed by atoms with Gasteiger partial charge < -0.3 is 16.0 Å². The van der Waals surface area contributed by atoms with Crippen molar-refractivity contribution in [1.82, 2.24) is 10.2 Å². The molecule has 0 atom stereocenters. The Bertz CT molecular complexity index is 514. The maximum Gasteiger partial charge on any atom is 0.253 e. The second-order valence-electron chi connectivity index (χ2n) is 5.77. The molecule has 0 aliphatic rings. The molecule has 0 bridgehead atoms. The summed E-state index contributed by atoms with van der Waals surface area (Å²) in [4.78, 5) is 25.9. The van der Waals surface area contributed by atoms with Crippen LogP contribution in [0.2, 0.25) is 0 Å². The first-order valence-electron chi connectivity index (χ1n) is 7.69. The molecule has 0 saturated carbocycles. The third-order valence-electron chi connectivity index (χ3n) is 4.26. The lowest BCUT2D eigenvalue weighted by Gasteiger charge is -2.28. The van der Waals surface area contributed by atoms with Crippen LogP contribution in [-0.4, -0.2) is 37.4 Å². The first-order valence-corrected chi connectivity index (χ1v) is 7.69. The highest BCUT2D eigenvalue weighted by Crippen LogP contribution is 2.25. The number of benzene rings is 1. The molecule has 0 radical (unpaired) electrons. The molecule has 1 aromatic rings. The average Bonchev–Trinajstić information content (AvgIpc) is 2.54. The number of carbonyl (C=O) groups excluding carboxylic acids is 2. The summed E-state index contributed by atoms with van der Waals surface area (Å²) in [6.45, 7) is 4.69. The zero-order chi connectivity index (χ0) is 16.8. The van der Waals surface area contributed by atoms with E-state index in [2.05, 4.69) is 5.32 Å². The van der Waals surface area contributed by atoms with Gasteiger partial charge in [0.05, 0.1) is 5.41 Å². The molecule has 3 N–H and O–H groups in total. The summed E-state index contributed by atoms with van der Waals surface area (Å²) in [7, 11) is 3.43. The van der Waals surface area contributed by atoms with Gasteiger partial charge in [0.2, 0.25) is 5.91 Å². The molecule has 0 aliphatic heterocycles. The molecule has 0 spiro atoms. The first-order chi connectivity index (χ1) is 10.4. The quantitative estimate of drug-likeness (QED) is 0.806. The molecule has 5 nitrogen and oxygen atoms in total. The number of carbonyl (C=O) groups is 2. The third-order valence-corrected chi connectivity index (χ3v) is 4.26. The fraction of sp³-hybridized carbons (Fsp3) is 0.529. The van der Waals surface area contributed by atoms with Crippen LogP contribution in [0.3, 0.4) is 0 Å². The number of rotatable bonds is 7. The van der Waals surface area contributed by atoms with Gasteiger partial charge in [0.25, 0.3) is 5.91 Å². The van der Waals surface area contributed by atoms with Gasteiger partial charge >= 0.3 is 0 Å². The SMILES string of the molecule is CCC(CC)(CN)C(=O)NCc1cccc(C(=O)N(C)C)c1. The molecule has 1 rings (SSSR count). The van der Waals surface area contributed by atoms with Crippen LogP contribution < -0.4 is 11.1 Å². The van der Waals surface area contributed by atoms with Crippen molar-refractivity contribution in [3.05, 3.63) is 35.4 Å². The van der Waals surface area contributed by atoms with E-state index >= 15 is 0 Å². The van der Waals surface area contributed by atoms with Crippen LogP contribution in [0.4, 0.5) is 0 Å². The number of hydrogen-bond acceptors (Lipinski definition) is 3. The van der Waals surface area contributed by atoms with Crippen LogP contribution in [0.25, 0.3) is 0 Å². The van der Waals surface area contributed by atoms with E-state index in [1.165, 1.54) is 4.90 Å². The molecule has 5 heteroatoms. The fourth-order valence-electron chi connectivity index (χ4n) is 2.39. The summed E-state index contributed by atoms with van der Waals surface area (Å²) in [6.07, 6.45) is 1.43. The zero-order valence-corrected chi connectivity index (χ0v) is 14.0. The highest BCUT2D eigenvalue weighted by Gasteiger charge is 2.32. The molecule has 0 saturated heterocycles. The summed E-state index contributed by atoms with van der Waals surface area (Å²) >= 11 is 0. The molecular formula is C17H27N3O2. The Labute approximate surface area is 132 Å². The summed E-state index contributed by atoms with van der Waals surface area (Å²) in [5.74, 6) is -0.0732. The highest BCUT2D eigenvalue weighted by atomic mass is 16.2. The number of amides is 2. The summed E-state index contributed by atoms with van der Waals surface area (Å²) in [6, 6.07) is 7.31. The largest absolute Gasteiger partial charge is 0.352 e. The summed E-state index contributed by atoms with van der Waals surface area (Å²) < 4.78 is 0. The molecule has 2 amide bonds. The van der Waals surface area contributed by atoms with Gasteiger partial charge in [0, 0.05) is 32.7 Å². The summed E-state index contributed by atoms with van der Waals surface area (Å²) in [5, 5.41) is 2.94. The van der Waals surface area contributed by atoms with Gasteiger partial charge in [-0.1, -0.05) is 26.0 Å². The zero-order valence-electron chi connectivity index (χ0n) is 14.0. The smallest absolute Gasteiger partial charge is 0.253 e. The van der Waals surface area contributed by atoms with Crippen molar-refractivity contribution in [1.29, 1.82) is 0 Å². The molecule has 0 fully saturated rings. The van der Waals surface area contributed by atoms with Crippen LogP contribution in [-0.2, 0) is 11.3 Å². The van der Waals surface area contributed by atoms with Crippen molar-refractivity contribution in [2.75, 3.05) is 20.6 Å². The molecule has 0 heterocycles. The monoisotopic (exact) mass is 305 g/mol. The van der Waals surface area contributed by atoms with E-state index in [0.29, 0.717) is 31.5 Å². The molecule has 1 aromatic carbocycles. The van der Waals surface area contributed by atoms with Crippen molar-refractivity contribution < 1.29 is 9.59 Å². The second-order valence-corrected chi connectivity index (χ2v) is 5.77. The van der Waals surface area contributed by atoms with Gasteiger partial charge in [-0.3, -0.25) is 9.59 Å². The molecular weight excluding hydrogens is 278 g/mol. The van der Waals surface area contributed by atoms with Gasteiger partial charge in [-0.15, -0.1) is 0 Å². The van der Waals surface area contributed by atoms with E-state index in [4.69, 9.17) is 5.73 Å². The lowest BCUT2D eigenvalue weighted by atomic mass is 9.81. The van der Waals surface area contributed by atoms with Crippen LogP contribution in [0, 0.1) is 5.41 Å². The highest BCUT2D eigenvalue weighted by molar-refractivity contribution is 5.94. The van der Waals surface area contributed by atoms with Gasteiger partial charge in [-0.2, -0.15) is 0 Å². The Kier molecular flexibility index (Phi) is 6.56. The van der Waals surface area contributed by atoms with Crippen molar-refractivity contribution in [2.45, 2.75) is 33.2 Å². The summed E-state index contributed by atoms with van der Waals surface area (Å²) in [5.41, 5.74) is 6.80. The lowest BCUT2D eigenvalue weighted by molar-refractivity contribution is -0.131. The predicted molar refractivity (Wildman–Crippen MR) is 88.4 cm³/mol. The predicted octanol–water partition coefficient (Wildman–Crippen LogP) is 1.77. The van der Waals surface area contributed by atoms with Crippen molar-refractivity contribution in [2.24, 2.45) is 11.1 Å². The average molecular weight is 305 g/mol. The Balaban J connectivity index is 2.78. The maximum atomic E-state index is 12.4. The lowest BCUT2D eigenvalue weighted by Crippen LogP contribution is -2.45. The van der Waals surface area contributed by atoms with Gasteiger partial charge in [0.1, 0.15) is 0 Å². The third kappa shape index (κ3) is 4.07. The van der Waals surface area contributed by atoms with Crippen molar-refractivity contribution in [3.8, 4) is 0 Å². The number of nitrogens with two attached hydrogens (primary N) is 1. The standard InChI is InChI=1S/C17H27N3O2/c1-5-17(6-2,12-18)16(22)19-11-13-8-7-9-14(10-13)15(21)20(3)4/h7-10H,5-6,11-12,18H2,1-4H3,(H,19,22). The van der Waals surface area contributed by atoms with Crippen LogP contribution in [0.1, 0.15) is 42.6 Å². The second kappa shape index (κ2) is 7.94. The molecule has 122 valence electrons. The number of nitrogens with one attached hydrogen (secondary N) is 1. The van der Waals surface area contributed by atoms with Crippen LogP contribution in [0.5, 0.6) is 0 Å². The molecule has 22 heavy (non-hydrogen) atoms. The van der Waals surface area contributed by atoms with E-state index in [-0.39, 0.29) is 11.8 Å². The van der Waals surface area contributed by atoms with E-state index < -0.39 is 5.41 Å². The van der Waals surface area contributed by atoms with Gasteiger partial charge in [0.15, 0.2) is 0 Å².